The average molecular weight is 1250 g/mol. The number of esters is 1. The highest BCUT2D eigenvalue weighted by molar-refractivity contribution is 5.80. The number of unbranched alkanes of at least 4 members (excludes halogenated alkanes) is 32. The lowest BCUT2D eigenvalue weighted by Gasteiger charge is -2.41. The first kappa shape index (κ1) is 83.3. The Morgan fingerprint density at radius 1 is 0.449 bits per heavy atom. The molecule has 8 unspecified atom stereocenters. The van der Waals surface area contributed by atoms with Gasteiger partial charge in [-0.15, -0.1) is 0 Å². The fourth-order valence-corrected chi connectivity index (χ4v) is 10.9. The van der Waals surface area contributed by atoms with Gasteiger partial charge in [-0.2, -0.15) is 0 Å². The lowest BCUT2D eigenvalue weighted by molar-refractivity contribution is -0.305. The fourth-order valence-electron chi connectivity index (χ4n) is 10.9. The molecule has 11 nitrogen and oxygen atoms in total. The second-order valence-corrected chi connectivity index (χ2v) is 24.9. The van der Waals surface area contributed by atoms with Crippen molar-refractivity contribution in [2.45, 2.75) is 359 Å². The summed E-state index contributed by atoms with van der Waals surface area (Å²) in [5.74, 6) is -1.20. The molecule has 0 aromatic rings. The maximum Gasteiger partial charge on any atom is 0.306 e. The minimum Gasteiger partial charge on any atom is -0.454 e. The second kappa shape index (κ2) is 64.4. The van der Waals surface area contributed by atoms with Crippen molar-refractivity contribution in [3.63, 3.8) is 0 Å². The van der Waals surface area contributed by atoms with Crippen LogP contribution in [0.4, 0.5) is 0 Å². The molecule has 512 valence electrons. The number of aliphatic hydroxyl groups excluding tert-OH is 5. The molecule has 89 heavy (non-hydrogen) atoms. The lowest BCUT2D eigenvalue weighted by Crippen LogP contribution is -2.61. The summed E-state index contributed by atoms with van der Waals surface area (Å²) in [6.45, 7) is 5.68. The van der Waals surface area contributed by atoms with Crippen molar-refractivity contribution >= 4 is 11.9 Å². The topological polar surface area (TPSA) is 175 Å². The molecule has 0 bridgehead atoms. The molecule has 1 amide bonds. The van der Waals surface area contributed by atoms with Crippen LogP contribution >= 0.6 is 0 Å². The molecule has 6 N–H and O–H groups in total. The van der Waals surface area contributed by atoms with E-state index in [1.807, 2.05) is 6.08 Å². The summed E-state index contributed by atoms with van der Waals surface area (Å²) in [5.41, 5.74) is 0. The van der Waals surface area contributed by atoms with Gasteiger partial charge in [-0.1, -0.05) is 304 Å². The van der Waals surface area contributed by atoms with E-state index in [4.69, 9.17) is 14.2 Å². The summed E-state index contributed by atoms with van der Waals surface area (Å²) >= 11 is 0. The highest BCUT2D eigenvalue weighted by atomic mass is 16.7. The second-order valence-electron chi connectivity index (χ2n) is 24.9. The lowest BCUT2D eigenvalue weighted by atomic mass is 9.99. The standard InChI is InChI=1S/C78H135NO10/c1-4-7-10-13-16-19-22-25-27-29-31-33-34-35-36-37-38-39-41-43-45-48-51-54-57-60-63-66-73(83)89-76-75(85)74(84)72(67-80)88-78(76)87-68-69(70(81)64-61-58-55-52-49-46-24-21-18-15-12-9-6-3)79-77(86)71(82)65-62-59-56-53-50-47-44-42-40-32-30-28-26-23-20-17-14-11-8-5-2/h7,10,16-17,19-20,25-28,31,33,35-36,38-39,61,64,69-72,74-76,78,80-82,84-85H,4-6,8-9,11-15,18,21-24,29-30,32,34,37,40-60,62-63,65-68H2,1-3H3,(H,79,86)/b10-7-,19-16-,20-17-,27-25-,28-26-,33-31-,36-35-,39-38-,64-61+. The van der Waals surface area contributed by atoms with Gasteiger partial charge in [0, 0.05) is 6.42 Å². The molecule has 1 aliphatic rings. The molecule has 8 atom stereocenters. The summed E-state index contributed by atoms with van der Waals surface area (Å²) < 4.78 is 17.7. The summed E-state index contributed by atoms with van der Waals surface area (Å²) in [4.78, 5) is 26.7. The van der Waals surface area contributed by atoms with E-state index >= 15 is 0 Å². The van der Waals surface area contributed by atoms with Gasteiger partial charge in [0.05, 0.1) is 25.4 Å². The van der Waals surface area contributed by atoms with Gasteiger partial charge in [-0.3, -0.25) is 9.59 Å². The van der Waals surface area contributed by atoms with Crippen LogP contribution in [0.2, 0.25) is 0 Å². The van der Waals surface area contributed by atoms with Crippen LogP contribution in [-0.4, -0.2) is 99.6 Å². The summed E-state index contributed by atoms with van der Waals surface area (Å²) in [6.07, 6.45) is 78.3. The Morgan fingerprint density at radius 2 is 0.809 bits per heavy atom. The van der Waals surface area contributed by atoms with Gasteiger partial charge in [-0.05, 0) is 109 Å². The zero-order valence-corrected chi connectivity index (χ0v) is 57.0. The number of aliphatic hydroxyl groups is 5. The van der Waals surface area contributed by atoms with Crippen LogP contribution in [0.5, 0.6) is 0 Å². The van der Waals surface area contributed by atoms with E-state index in [1.54, 1.807) is 6.08 Å². The molecule has 11 heteroatoms. The zero-order chi connectivity index (χ0) is 64.6. The molecule has 0 radical (unpaired) electrons. The van der Waals surface area contributed by atoms with Crippen molar-refractivity contribution in [2.75, 3.05) is 13.2 Å². The zero-order valence-electron chi connectivity index (χ0n) is 57.0. The molecule has 1 saturated heterocycles. The Morgan fingerprint density at radius 3 is 1.24 bits per heavy atom. The smallest absolute Gasteiger partial charge is 0.306 e. The summed E-state index contributed by atoms with van der Waals surface area (Å²) in [5, 5.41) is 57.3. The van der Waals surface area contributed by atoms with Gasteiger partial charge < -0.3 is 45.1 Å². The normalized spacial score (nSPS) is 18.8. The number of hydrogen-bond acceptors (Lipinski definition) is 10. The maximum atomic E-state index is 13.5. The van der Waals surface area contributed by atoms with E-state index in [-0.39, 0.29) is 19.4 Å². The van der Waals surface area contributed by atoms with Gasteiger partial charge in [0.2, 0.25) is 5.91 Å². The molecule has 1 fully saturated rings. The van der Waals surface area contributed by atoms with Crippen LogP contribution in [-0.2, 0) is 23.8 Å². The number of nitrogens with one attached hydrogen (secondary N) is 1. The first-order chi connectivity index (χ1) is 43.7. The Balaban J connectivity index is 2.58. The highest BCUT2D eigenvalue weighted by Gasteiger charge is 2.47. The quantitative estimate of drug-likeness (QED) is 0.0195. The first-order valence-electron chi connectivity index (χ1n) is 36.7. The number of amides is 1. The molecule has 0 spiro atoms. The predicted molar refractivity (Wildman–Crippen MR) is 375 cm³/mol. The van der Waals surface area contributed by atoms with Crippen molar-refractivity contribution in [1.82, 2.24) is 5.32 Å². The predicted octanol–water partition coefficient (Wildman–Crippen LogP) is 19.2. The Labute approximate surface area is 545 Å². The summed E-state index contributed by atoms with van der Waals surface area (Å²) in [7, 11) is 0. The molecule has 0 aromatic carbocycles. The highest BCUT2D eigenvalue weighted by Crippen LogP contribution is 2.26. The van der Waals surface area contributed by atoms with E-state index in [2.05, 4.69) is 123 Å². The SMILES string of the molecule is CC/C=C\C/C=C\C/C=C\C/C=C\C/C=C\C/C=C\CCCCCCCCCCC(=O)OC1C(OCC(NC(=O)C(O)CCCCCCCCCCCC/C=C\C/C=C\CCCCC)C(O)/C=C/CCCCCCCCCCCCC)OC(CO)C(O)C1O. The fraction of sp³-hybridized carbons (Fsp3) is 0.744. The van der Waals surface area contributed by atoms with Gasteiger partial charge in [0.1, 0.15) is 24.4 Å². The molecular weight excluding hydrogens is 1110 g/mol. The maximum absolute atomic E-state index is 13.5. The van der Waals surface area contributed by atoms with Crippen molar-refractivity contribution in [2.24, 2.45) is 0 Å². The minimum atomic E-state index is -1.63. The van der Waals surface area contributed by atoms with E-state index in [0.717, 1.165) is 122 Å². The van der Waals surface area contributed by atoms with Crippen LogP contribution in [0.15, 0.2) is 109 Å². The Hall–Kier alpha value is -3.68. The molecule has 1 rings (SSSR count). The number of carbonyl (C=O) groups excluding carboxylic acids is 2. The van der Waals surface area contributed by atoms with E-state index in [1.165, 1.54) is 141 Å². The molecule has 1 aliphatic heterocycles. The Kier molecular flexibility index (Phi) is 60.3. The van der Waals surface area contributed by atoms with Gasteiger partial charge in [-0.25, -0.2) is 0 Å². The van der Waals surface area contributed by atoms with Crippen molar-refractivity contribution in [3.05, 3.63) is 109 Å². The van der Waals surface area contributed by atoms with E-state index < -0.39 is 67.4 Å². The number of rotatable bonds is 62. The number of carbonyl (C=O) groups is 2. The largest absolute Gasteiger partial charge is 0.454 e. The monoisotopic (exact) mass is 1250 g/mol. The van der Waals surface area contributed by atoms with Crippen molar-refractivity contribution in [1.29, 1.82) is 0 Å². The minimum absolute atomic E-state index is 0.108. The molecule has 0 aliphatic carbocycles. The number of allylic oxidation sites excluding steroid dienone is 17. The van der Waals surface area contributed by atoms with Crippen LogP contribution in [0.25, 0.3) is 0 Å². The van der Waals surface area contributed by atoms with Crippen molar-refractivity contribution in [3.8, 4) is 0 Å². The van der Waals surface area contributed by atoms with Crippen LogP contribution < -0.4 is 5.32 Å². The van der Waals surface area contributed by atoms with Gasteiger partial charge in [0.15, 0.2) is 12.4 Å². The van der Waals surface area contributed by atoms with E-state index in [9.17, 15) is 35.1 Å². The van der Waals surface area contributed by atoms with Crippen LogP contribution in [0.1, 0.15) is 310 Å². The number of hydrogen-bond donors (Lipinski definition) is 6. The van der Waals surface area contributed by atoms with E-state index in [0.29, 0.717) is 12.8 Å². The molecular formula is C78H135NO10. The third-order valence-electron chi connectivity index (χ3n) is 16.7. The first-order valence-corrected chi connectivity index (χ1v) is 36.7. The molecule has 0 aromatic heterocycles. The Bertz CT molecular complexity index is 1870. The van der Waals surface area contributed by atoms with Gasteiger partial charge in [0.25, 0.3) is 0 Å². The third kappa shape index (κ3) is 51.5. The molecule has 1 heterocycles. The molecule has 0 saturated carbocycles. The van der Waals surface area contributed by atoms with Crippen molar-refractivity contribution < 1.29 is 49.3 Å². The van der Waals surface area contributed by atoms with Crippen LogP contribution in [0, 0.1) is 0 Å². The van der Waals surface area contributed by atoms with Crippen LogP contribution in [0.3, 0.4) is 0 Å². The third-order valence-corrected chi connectivity index (χ3v) is 16.7. The average Bonchev–Trinajstić information content (AvgIpc) is 1.85. The van der Waals surface area contributed by atoms with Gasteiger partial charge >= 0.3 is 5.97 Å². The number of ether oxygens (including phenoxy) is 3. The summed E-state index contributed by atoms with van der Waals surface area (Å²) in [6, 6.07) is -1.03.